The van der Waals surface area contributed by atoms with E-state index in [1.807, 2.05) is 35.2 Å². The normalized spacial score (nSPS) is 22.6. The molecule has 0 bridgehead atoms. The van der Waals surface area contributed by atoms with Crippen molar-refractivity contribution in [3.8, 4) is 5.75 Å². The fourth-order valence-corrected chi connectivity index (χ4v) is 4.43. The highest BCUT2D eigenvalue weighted by Gasteiger charge is 2.38. The Morgan fingerprint density at radius 1 is 1.06 bits per heavy atom. The first-order valence-electron chi connectivity index (χ1n) is 11.0. The molecule has 0 spiro atoms. The second-order valence-corrected chi connectivity index (χ2v) is 8.72. The molecule has 2 aliphatic rings. The molecule has 2 saturated heterocycles. The van der Waals surface area contributed by atoms with E-state index in [2.05, 4.69) is 26.9 Å². The topological polar surface area (TPSA) is 69.1 Å². The van der Waals surface area contributed by atoms with Crippen LogP contribution in [0.15, 0.2) is 48.7 Å². The number of benzene rings is 1. The Bertz CT molecular complexity index is 853. The van der Waals surface area contributed by atoms with Gasteiger partial charge >= 0.3 is 0 Å². The van der Waals surface area contributed by atoms with Crippen LogP contribution in [0, 0.1) is 0 Å². The SMILES string of the molecule is CC(=O)N1CCN(C[C@]2(O)CCN(Cc3ccc(OCc4ccccn4)cc3)C2)CC1. The van der Waals surface area contributed by atoms with E-state index >= 15 is 0 Å². The number of pyridine rings is 1. The predicted octanol–water partition coefficient (Wildman–Crippen LogP) is 1.76. The highest BCUT2D eigenvalue weighted by atomic mass is 16.5. The van der Waals surface area contributed by atoms with Crippen LogP contribution in [-0.4, -0.2) is 82.1 Å². The minimum atomic E-state index is -0.676. The third kappa shape index (κ3) is 6.03. The van der Waals surface area contributed by atoms with Gasteiger partial charge in [-0.1, -0.05) is 18.2 Å². The van der Waals surface area contributed by atoms with Gasteiger partial charge in [-0.25, -0.2) is 0 Å². The average Bonchev–Trinajstić information content (AvgIpc) is 3.14. The molecule has 31 heavy (non-hydrogen) atoms. The van der Waals surface area contributed by atoms with E-state index in [1.165, 1.54) is 5.56 Å². The van der Waals surface area contributed by atoms with Crippen molar-refractivity contribution < 1.29 is 14.6 Å². The summed E-state index contributed by atoms with van der Waals surface area (Å²) in [5.74, 6) is 0.968. The molecule has 1 atom stereocenters. The van der Waals surface area contributed by atoms with Gasteiger partial charge in [0.15, 0.2) is 0 Å². The number of hydrogen-bond acceptors (Lipinski definition) is 6. The van der Waals surface area contributed by atoms with E-state index in [4.69, 9.17) is 4.74 Å². The Kier molecular flexibility index (Phi) is 6.85. The van der Waals surface area contributed by atoms with Gasteiger partial charge in [0.25, 0.3) is 0 Å². The van der Waals surface area contributed by atoms with E-state index < -0.39 is 5.60 Å². The third-order valence-corrected chi connectivity index (χ3v) is 6.19. The van der Waals surface area contributed by atoms with Crippen LogP contribution in [0.4, 0.5) is 0 Å². The molecule has 2 fully saturated rings. The van der Waals surface area contributed by atoms with Crippen LogP contribution in [-0.2, 0) is 17.9 Å². The molecule has 1 aromatic carbocycles. The first kappa shape index (κ1) is 21.7. The molecule has 0 unspecified atom stereocenters. The maximum absolute atomic E-state index is 11.5. The summed E-state index contributed by atoms with van der Waals surface area (Å²) in [6.07, 6.45) is 2.55. The fourth-order valence-electron chi connectivity index (χ4n) is 4.43. The highest BCUT2D eigenvalue weighted by Crippen LogP contribution is 2.25. The Morgan fingerprint density at radius 2 is 1.84 bits per heavy atom. The zero-order chi connectivity index (χ0) is 21.7. The number of carbonyl (C=O) groups is 1. The fraction of sp³-hybridized carbons (Fsp3) is 0.500. The van der Waals surface area contributed by atoms with Gasteiger partial charge in [-0.2, -0.15) is 0 Å². The number of nitrogens with zero attached hydrogens (tertiary/aromatic N) is 4. The summed E-state index contributed by atoms with van der Waals surface area (Å²) in [4.78, 5) is 22.2. The largest absolute Gasteiger partial charge is 0.487 e. The van der Waals surface area contributed by atoms with Gasteiger partial charge in [0.2, 0.25) is 5.91 Å². The third-order valence-electron chi connectivity index (χ3n) is 6.19. The minimum Gasteiger partial charge on any atom is -0.487 e. The molecule has 4 rings (SSSR count). The summed E-state index contributed by atoms with van der Waals surface area (Å²) >= 11 is 0. The quantitative estimate of drug-likeness (QED) is 0.731. The van der Waals surface area contributed by atoms with Gasteiger partial charge in [-0.15, -0.1) is 0 Å². The van der Waals surface area contributed by atoms with Crippen molar-refractivity contribution in [2.24, 2.45) is 0 Å². The molecule has 166 valence electrons. The second-order valence-electron chi connectivity index (χ2n) is 8.72. The molecule has 2 aromatic rings. The first-order valence-corrected chi connectivity index (χ1v) is 11.0. The van der Waals surface area contributed by atoms with Gasteiger partial charge in [0.05, 0.1) is 11.3 Å². The van der Waals surface area contributed by atoms with E-state index in [9.17, 15) is 9.90 Å². The molecule has 0 aliphatic carbocycles. The lowest BCUT2D eigenvalue weighted by Gasteiger charge is -2.38. The Morgan fingerprint density at radius 3 is 2.52 bits per heavy atom. The molecule has 1 amide bonds. The Balaban J connectivity index is 1.23. The van der Waals surface area contributed by atoms with Crippen LogP contribution in [0.1, 0.15) is 24.6 Å². The number of ether oxygens (including phenoxy) is 1. The smallest absolute Gasteiger partial charge is 0.219 e. The number of aliphatic hydroxyl groups is 1. The van der Waals surface area contributed by atoms with Crippen LogP contribution in [0.5, 0.6) is 5.75 Å². The molecule has 1 aromatic heterocycles. The Labute approximate surface area is 184 Å². The van der Waals surface area contributed by atoms with Crippen molar-refractivity contribution in [2.75, 3.05) is 45.8 Å². The van der Waals surface area contributed by atoms with Crippen LogP contribution in [0.2, 0.25) is 0 Å². The van der Waals surface area contributed by atoms with Crippen molar-refractivity contribution >= 4 is 5.91 Å². The first-order chi connectivity index (χ1) is 15.0. The summed E-state index contributed by atoms with van der Waals surface area (Å²) in [5.41, 5.74) is 1.44. The maximum atomic E-state index is 11.5. The van der Waals surface area contributed by atoms with Gasteiger partial charge in [-0.3, -0.25) is 19.6 Å². The zero-order valence-electron chi connectivity index (χ0n) is 18.2. The molecular formula is C24H32N4O3. The number of piperazine rings is 1. The summed E-state index contributed by atoms with van der Waals surface area (Å²) in [6, 6.07) is 14.0. The zero-order valence-corrected chi connectivity index (χ0v) is 18.2. The van der Waals surface area contributed by atoms with Gasteiger partial charge in [0.1, 0.15) is 12.4 Å². The van der Waals surface area contributed by atoms with Crippen LogP contribution in [0.3, 0.4) is 0 Å². The second kappa shape index (κ2) is 9.77. The number of amides is 1. The lowest BCUT2D eigenvalue weighted by atomic mass is 10.0. The van der Waals surface area contributed by atoms with E-state index in [0.29, 0.717) is 19.7 Å². The summed E-state index contributed by atoms with van der Waals surface area (Å²) in [6.45, 7) is 8.32. The molecule has 1 N–H and O–H groups in total. The molecular weight excluding hydrogens is 392 g/mol. The maximum Gasteiger partial charge on any atom is 0.219 e. The van der Waals surface area contributed by atoms with Crippen molar-refractivity contribution in [3.05, 3.63) is 59.9 Å². The molecule has 3 heterocycles. The molecule has 7 nitrogen and oxygen atoms in total. The van der Waals surface area contributed by atoms with Crippen molar-refractivity contribution in [2.45, 2.75) is 32.1 Å². The van der Waals surface area contributed by atoms with E-state index in [0.717, 1.165) is 57.1 Å². The van der Waals surface area contributed by atoms with Crippen molar-refractivity contribution in [1.29, 1.82) is 0 Å². The van der Waals surface area contributed by atoms with Crippen LogP contribution >= 0.6 is 0 Å². The summed E-state index contributed by atoms with van der Waals surface area (Å²) in [7, 11) is 0. The molecule has 0 radical (unpaired) electrons. The van der Waals surface area contributed by atoms with Crippen LogP contribution in [0.25, 0.3) is 0 Å². The van der Waals surface area contributed by atoms with Crippen molar-refractivity contribution in [3.63, 3.8) is 0 Å². The number of carbonyl (C=O) groups excluding carboxylic acids is 1. The summed E-state index contributed by atoms with van der Waals surface area (Å²) < 4.78 is 5.81. The molecule has 2 aliphatic heterocycles. The number of aromatic nitrogens is 1. The highest BCUT2D eigenvalue weighted by molar-refractivity contribution is 5.73. The lowest BCUT2D eigenvalue weighted by molar-refractivity contribution is -0.130. The standard InChI is InChI=1S/C24H32N4O3/c1-20(29)28-14-12-26(13-15-28)18-24(30)9-11-27(19-24)16-21-5-7-23(8-6-21)31-17-22-4-2-3-10-25-22/h2-8,10,30H,9,11-19H2,1H3/t24-/m1/s1. The van der Waals surface area contributed by atoms with Crippen molar-refractivity contribution in [1.82, 2.24) is 19.7 Å². The minimum absolute atomic E-state index is 0.138. The molecule has 0 saturated carbocycles. The van der Waals surface area contributed by atoms with E-state index in [-0.39, 0.29) is 5.91 Å². The lowest BCUT2D eigenvalue weighted by Crippen LogP contribution is -2.53. The number of rotatable bonds is 7. The van der Waals surface area contributed by atoms with Gasteiger partial charge in [0, 0.05) is 65.5 Å². The number of hydrogen-bond donors (Lipinski definition) is 1. The monoisotopic (exact) mass is 424 g/mol. The van der Waals surface area contributed by atoms with Gasteiger partial charge < -0.3 is 14.7 Å². The van der Waals surface area contributed by atoms with Crippen LogP contribution < -0.4 is 4.74 Å². The Hall–Kier alpha value is -2.48. The number of likely N-dealkylation sites (tertiary alicyclic amines) is 1. The molecule has 7 heteroatoms. The number of β-amino-alcohol motifs (C(OH)–C–C–N with tert-alkyl or cyclic N) is 1. The van der Waals surface area contributed by atoms with Gasteiger partial charge in [-0.05, 0) is 36.2 Å². The predicted molar refractivity (Wildman–Crippen MR) is 119 cm³/mol. The summed E-state index contributed by atoms with van der Waals surface area (Å²) in [5, 5.41) is 11.1. The van der Waals surface area contributed by atoms with E-state index in [1.54, 1.807) is 13.1 Å². The average molecular weight is 425 g/mol.